The first-order valence-electron chi connectivity index (χ1n) is 8.94. The summed E-state index contributed by atoms with van der Waals surface area (Å²) in [4.78, 5) is 0. The lowest BCUT2D eigenvalue weighted by Crippen LogP contribution is -2.19. The molecule has 144 valence electrons. The molecule has 0 amide bonds. The summed E-state index contributed by atoms with van der Waals surface area (Å²) in [6.07, 6.45) is -1.48. The third kappa shape index (κ3) is 3.26. The second-order valence-corrected chi connectivity index (χ2v) is 6.92. The molecule has 0 saturated heterocycles. The van der Waals surface area contributed by atoms with Crippen molar-refractivity contribution < 1.29 is 23.0 Å². The highest BCUT2D eigenvalue weighted by atomic mass is 19.4. The van der Waals surface area contributed by atoms with Crippen LogP contribution < -0.4 is 4.74 Å². The molecule has 1 aromatic heterocycles. The molecule has 0 bridgehead atoms. The molecule has 1 saturated carbocycles. The molecule has 0 radical (unpaired) electrons. The maximum atomic E-state index is 12.5. The van der Waals surface area contributed by atoms with Gasteiger partial charge in [-0.2, -0.15) is 18.4 Å². The van der Waals surface area contributed by atoms with Crippen molar-refractivity contribution in [1.29, 1.82) is 5.26 Å². The number of benzene rings is 2. The number of hydrogen-bond acceptors (Lipinski definition) is 3. The lowest BCUT2D eigenvalue weighted by atomic mass is 9.92. The number of rotatable bonds is 4. The van der Waals surface area contributed by atoms with Crippen molar-refractivity contribution in [2.75, 3.05) is 6.61 Å². The van der Waals surface area contributed by atoms with E-state index in [9.17, 15) is 23.5 Å². The normalized spacial score (nSPS) is 14.6. The van der Waals surface area contributed by atoms with E-state index in [1.54, 1.807) is 36.4 Å². The first kappa shape index (κ1) is 18.2. The van der Waals surface area contributed by atoms with Crippen LogP contribution in [0.1, 0.15) is 30.9 Å². The van der Waals surface area contributed by atoms with Crippen molar-refractivity contribution in [3.63, 3.8) is 0 Å². The highest BCUT2D eigenvalue weighted by molar-refractivity contribution is 5.95. The van der Waals surface area contributed by atoms with E-state index in [1.807, 2.05) is 4.57 Å². The van der Waals surface area contributed by atoms with E-state index < -0.39 is 12.8 Å². The van der Waals surface area contributed by atoms with Gasteiger partial charge >= 0.3 is 6.18 Å². The number of nitrogens with zero attached hydrogens (tertiary/aromatic N) is 2. The Morgan fingerprint density at radius 2 is 1.86 bits per heavy atom. The maximum Gasteiger partial charge on any atom is 0.422 e. The fourth-order valence-electron chi connectivity index (χ4n) is 3.59. The summed E-state index contributed by atoms with van der Waals surface area (Å²) in [6.45, 7) is -1.36. The number of aromatic hydroxyl groups is 1. The fourth-order valence-corrected chi connectivity index (χ4v) is 3.59. The number of phenolic OH excluding ortho intramolecular Hbond substituents is 1. The average molecular weight is 386 g/mol. The number of ether oxygens (including phenoxy) is 1. The second kappa shape index (κ2) is 6.79. The highest BCUT2D eigenvalue weighted by Gasteiger charge is 2.30. The van der Waals surface area contributed by atoms with Gasteiger partial charge in [0.2, 0.25) is 0 Å². The minimum absolute atomic E-state index is 0.115. The summed E-state index contributed by atoms with van der Waals surface area (Å²) in [6, 6.07) is 13.7. The van der Waals surface area contributed by atoms with Gasteiger partial charge in [-0.25, -0.2) is 0 Å². The Balaban J connectivity index is 1.89. The monoisotopic (exact) mass is 386 g/mol. The van der Waals surface area contributed by atoms with E-state index in [0.717, 1.165) is 30.5 Å². The fraction of sp³-hybridized carbons (Fsp3) is 0.286. The molecule has 1 fully saturated rings. The van der Waals surface area contributed by atoms with E-state index in [1.165, 1.54) is 6.07 Å². The number of alkyl halides is 3. The van der Waals surface area contributed by atoms with Crippen LogP contribution in [0.3, 0.4) is 0 Å². The van der Waals surface area contributed by atoms with Gasteiger partial charge in [0.15, 0.2) is 6.61 Å². The van der Waals surface area contributed by atoms with Crippen molar-refractivity contribution in [2.24, 2.45) is 0 Å². The Hall–Kier alpha value is -3.14. The predicted molar refractivity (Wildman–Crippen MR) is 98.2 cm³/mol. The largest absolute Gasteiger partial charge is 0.508 e. The number of fused-ring (bicyclic) bond motifs is 1. The second-order valence-electron chi connectivity index (χ2n) is 6.92. The van der Waals surface area contributed by atoms with Crippen molar-refractivity contribution >= 4 is 10.9 Å². The first-order valence-corrected chi connectivity index (χ1v) is 8.94. The van der Waals surface area contributed by atoms with E-state index in [-0.39, 0.29) is 17.5 Å². The van der Waals surface area contributed by atoms with Crippen molar-refractivity contribution in [1.82, 2.24) is 4.57 Å². The van der Waals surface area contributed by atoms with Gasteiger partial charge in [-0.3, -0.25) is 0 Å². The quantitative estimate of drug-likeness (QED) is 0.639. The van der Waals surface area contributed by atoms with Gasteiger partial charge in [-0.15, -0.1) is 0 Å². The topological polar surface area (TPSA) is 58.2 Å². The van der Waals surface area contributed by atoms with Crippen LogP contribution in [0.25, 0.3) is 22.2 Å². The standard InChI is InChI=1S/C21H17F3N2O2/c22-21(23,24)12-28-16-8-9-17-18(11-25)20(13-4-6-15(27)7-5-13)26(19(17)10-16)14-2-1-3-14/h4-10,14,27H,1-3,12H2. The number of aromatic nitrogens is 1. The number of nitriles is 1. The average Bonchev–Trinajstić information content (AvgIpc) is 2.92. The zero-order valence-electron chi connectivity index (χ0n) is 14.8. The third-order valence-electron chi connectivity index (χ3n) is 5.07. The molecule has 1 aliphatic rings. The maximum absolute atomic E-state index is 12.5. The number of phenols is 1. The van der Waals surface area contributed by atoms with Crippen LogP contribution in [0, 0.1) is 11.3 Å². The van der Waals surface area contributed by atoms with Gasteiger partial charge in [0.05, 0.1) is 16.8 Å². The van der Waals surface area contributed by atoms with Crippen LogP contribution in [0.15, 0.2) is 42.5 Å². The molecule has 7 heteroatoms. The van der Waals surface area contributed by atoms with E-state index in [4.69, 9.17) is 4.74 Å². The van der Waals surface area contributed by atoms with Gasteiger partial charge in [0, 0.05) is 17.5 Å². The molecule has 0 aliphatic heterocycles. The van der Waals surface area contributed by atoms with Crippen LogP contribution in [-0.4, -0.2) is 22.5 Å². The smallest absolute Gasteiger partial charge is 0.422 e. The van der Waals surface area contributed by atoms with Crippen LogP contribution >= 0.6 is 0 Å². The first-order chi connectivity index (χ1) is 13.4. The number of halogens is 3. The van der Waals surface area contributed by atoms with E-state index in [0.29, 0.717) is 16.5 Å². The Kier molecular flexibility index (Phi) is 4.42. The van der Waals surface area contributed by atoms with E-state index in [2.05, 4.69) is 6.07 Å². The zero-order valence-corrected chi connectivity index (χ0v) is 14.8. The van der Waals surface area contributed by atoms with Crippen molar-refractivity contribution in [3.8, 4) is 28.8 Å². The molecule has 1 N–H and O–H groups in total. The lowest BCUT2D eigenvalue weighted by molar-refractivity contribution is -0.153. The molecule has 0 spiro atoms. The predicted octanol–water partition coefficient (Wildman–Crippen LogP) is 5.55. The zero-order chi connectivity index (χ0) is 19.9. The Morgan fingerprint density at radius 1 is 1.14 bits per heavy atom. The van der Waals surface area contributed by atoms with Gasteiger partial charge in [-0.05, 0) is 61.2 Å². The molecule has 1 aliphatic carbocycles. The lowest BCUT2D eigenvalue weighted by Gasteiger charge is -2.30. The highest BCUT2D eigenvalue weighted by Crippen LogP contribution is 2.43. The Morgan fingerprint density at radius 3 is 2.43 bits per heavy atom. The minimum atomic E-state index is -4.42. The molecule has 28 heavy (non-hydrogen) atoms. The Bertz CT molecular complexity index is 1060. The number of hydrogen-bond donors (Lipinski definition) is 1. The molecule has 4 nitrogen and oxygen atoms in total. The van der Waals surface area contributed by atoms with Gasteiger partial charge in [0.1, 0.15) is 17.6 Å². The van der Waals surface area contributed by atoms with E-state index >= 15 is 0 Å². The minimum Gasteiger partial charge on any atom is -0.508 e. The van der Waals surface area contributed by atoms with Crippen LogP contribution in [0.5, 0.6) is 11.5 Å². The molecular formula is C21H17F3N2O2. The molecule has 0 unspecified atom stereocenters. The molecule has 1 heterocycles. The third-order valence-corrected chi connectivity index (χ3v) is 5.07. The summed E-state index contributed by atoms with van der Waals surface area (Å²) in [5.41, 5.74) is 2.64. The summed E-state index contributed by atoms with van der Waals surface area (Å²) in [5.74, 6) is 0.237. The summed E-state index contributed by atoms with van der Waals surface area (Å²) in [5, 5.41) is 20.1. The van der Waals surface area contributed by atoms with Crippen molar-refractivity contribution in [2.45, 2.75) is 31.5 Å². The molecule has 3 aromatic rings. The Labute approximate surface area is 159 Å². The van der Waals surface area contributed by atoms with Gasteiger partial charge < -0.3 is 14.4 Å². The van der Waals surface area contributed by atoms with Gasteiger partial charge in [-0.1, -0.05) is 0 Å². The van der Waals surface area contributed by atoms with Crippen LogP contribution in [0.2, 0.25) is 0 Å². The summed E-state index contributed by atoms with van der Waals surface area (Å²) in [7, 11) is 0. The SMILES string of the molecule is N#Cc1c(-c2ccc(O)cc2)n(C2CCC2)c2cc(OCC(F)(F)F)ccc12. The van der Waals surface area contributed by atoms with Crippen molar-refractivity contribution in [3.05, 3.63) is 48.0 Å². The van der Waals surface area contributed by atoms with Gasteiger partial charge in [0.25, 0.3) is 0 Å². The molecule has 2 aromatic carbocycles. The molecular weight excluding hydrogens is 369 g/mol. The van der Waals surface area contributed by atoms with Crippen LogP contribution in [0.4, 0.5) is 13.2 Å². The molecule has 4 rings (SSSR count). The molecule has 0 atom stereocenters. The summed E-state index contributed by atoms with van der Waals surface area (Å²) < 4.78 is 44.5. The van der Waals surface area contributed by atoms with Crippen LogP contribution in [-0.2, 0) is 0 Å². The summed E-state index contributed by atoms with van der Waals surface area (Å²) >= 11 is 0.